The van der Waals surface area contributed by atoms with Crippen LogP contribution in [0.5, 0.6) is 0 Å². The average Bonchev–Trinajstić information content (AvgIpc) is 2.71. The molecular formula is C7H6ClN3S2. The number of hydrogen-bond donors (Lipinski definition) is 1. The normalized spacial score (nSPS) is 10.2. The van der Waals surface area contributed by atoms with E-state index in [1.54, 1.807) is 16.7 Å². The Morgan fingerprint density at radius 2 is 2.38 bits per heavy atom. The predicted octanol–water partition coefficient (Wildman–Crippen LogP) is 2.87. The quantitative estimate of drug-likeness (QED) is 0.883. The van der Waals surface area contributed by atoms with Crippen molar-refractivity contribution in [2.24, 2.45) is 0 Å². The molecule has 0 aliphatic heterocycles. The van der Waals surface area contributed by atoms with Crippen molar-refractivity contribution in [3.8, 4) is 0 Å². The highest BCUT2D eigenvalue weighted by Crippen LogP contribution is 2.19. The van der Waals surface area contributed by atoms with Crippen molar-refractivity contribution >= 4 is 39.4 Å². The van der Waals surface area contributed by atoms with Gasteiger partial charge in [0.1, 0.15) is 5.15 Å². The minimum Gasteiger partial charge on any atom is -0.357 e. The third-order valence-electron chi connectivity index (χ3n) is 1.37. The summed E-state index contributed by atoms with van der Waals surface area (Å²) in [4.78, 5) is 9.23. The minimum atomic E-state index is 0.539. The van der Waals surface area contributed by atoms with E-state index >= 15 is 0 Å². The molecule has 0 saturated carbocycles. The lowest BCUT2D eigenvalue weighted by atomic mass is 10.5. The van der Waals surface area contributed by atoms with Gasteiger partial charge in [-0.2, -0.15) is 0 Å². The minimum absolute atomic E-state index is 0.539. The summed E-state index contributed by atoms with van der Waals surface area (Å²) < 4.78 is 0. The lowest BCUT2D eigenvalue weighted by Crippen LogP contribution is -1.96. The van der Waals surface area contributed by atoms with E-state index in [2.05, 4.69) is 15.3 Å². The zero-order valence-corrected chi connectivity index (χ0v) is 8.92. The first-order chi connectivity index (χ1) is 6.34. The van der Waals surface area contributed by atoms with Gasteiger partial charge in [-0.05, 0) is 0 Å². The molecule has 0 aromatic carbocycles. The molecule has 0 spiro atoms. The van der Waals surface area contributed by atoms with E-state index in [9.17, 15) is 0 Å². The number of nitrogens with one attached hydrogen (secondary N) is 1. The zero-order chi connectivity index (χ0) is 9.10. The highest BCUT2D eigenvalue weighted by atomic mass is 35.5. The Balaban J connectivity index is 1.93. The number of thiazole rings is 2. The smallest absolute Gasteiger partial charge is 0.184 e. The van der Waals surface area contributed by atoms with E-state index < -0.39 is 0 Å². The van der Waals surface area contributed by atoms with Gasteiger partial charge in [0.25, 0.3) is 0 Å². The molecule has 0 fully saturated rings. The topological polar surface area (TPSA) is 37.8 Å². The van der Waals surface area contributed by atoms with Crippen LogP contribution in [0, 0.1) is 0 Å². The van der Waals surface area contributed by atoms with Crippen molar-refractivity contribution in [2.45, 2.75) is 6.54 Å². The van der Waals surface area contributed by atoms with Crippen molar-refractivity contribution in [1.82, 2.24) is 9.97 Å². The second-order valence-electron chi connectivity index (χ2n) is 2.30. The van der Waals surface area contributed by atoms with Crippen LogP contribution in [-0.2, 0) is 6.54 Å². The molecule has 1 N–H and O–H groups in total. The van der Waals surface area contributed by atoms with E-state index in [-0.39, 0.29) is 0 Å². The first-order valence-corrected chi connectivity index (χ1v) is 5.70. The van der Waals surface area contributed by atoms with Gasteiger partial charge in [-0.3, -0.25) is 4.98 Å². The highest BCUT2D eigenvalue weighted by molar-refractivity contribution is 7.14. The second-order valence-corrected chi connectivity index (χ2v) is 4.51. The van der Waals surface area contributed by atoms with Crippen LogP contribution in [-0.4, -0.2) is 9.97 Å². The summed E-state index contributed by atoms with van der Waals surface area (Å²) in [6.45, 7) is 0.758. The number of nitrogens with zero attached hydrogens (tertiary/aromatic N) is 2. The first kappa shape index (κ1) is 8.93. The van der Waals surface area contributed by atoms with Crippen molar-refractivity contribution in [3.63, 3.8) is 0 Å². The largest absolute Gasteiger partial charge is 0.357 e. The molecule has 0 unspecified atom stereocenters. The molecule has 0 aliphatic rings. The van der Waals surface area contributed by atoms with Gasteiger partial charge in [-0.15, -0.1) is 22.7 Å². The molecule has 2 rings (SSSR count). The summed E-state index contributed by atoms with van der Waals surface area (Å²) in [5, 5.41) is 6.35. The van der Waals surface area contributed by atoms with E-state index in [4.69, 9.17) is 11.6 Å². The Morgan fingerprint density at radius 1 is 1.46 bits per heavy atom. The van der Waals surface area contributed by atoms with Crippen LogP contribution < -0.4 is 5.32 Å². The van der Waals surface area contributed by atoms with Gasteiger partial charge >= 0.3 is 0 Å². The fourth-order valence-corrected chi connectivity index (χ4v) is 2.20. The molecule has 3 nitrogen and oxygen atoms in total. The molecule has 6 heteroatoms. The van der Waals surface area contributed by atoms with Crippen LogP contribution in [0.15, 0.2) is 17.1 Å². The summed E-state index contributed by atoms with van der Waals surface area (Å²) >= 11 is 8.79. The average molecular weight is 232 g/mol. The maximum absolute atomic E-state index is 5.67. The van der Waals surface area contributed by atoms with Crippen LogP contribution in [0.25, 0.3) is 0 Å². The Bertz CT molecular complexity index is 371. The van der Waals surface area contributed by atoms with Crippen LogP contribution in [0.1, 0.15) is 4.88 Å². The van der Waals surface area contributed by atoms with Gasteiger partial charge in [0.15, 0.2) is 5.13 Å². The summed E-state index contributed by atoms with van der Waals surface area (Å²) in [5.74, 6) is 0. The lowest BCUT2D eigenvalue weighted by Gasteiger charge is -1.97. The zero-order valence-electron chi connectivity index (χ0n) is 6.53. The Kier molecular flexibility index (Phi) is 2.77. The number of halogens is 1. The number of aromatic nitrogens is 2. The van der Waals surface area contributed by atoms with Gasteiger partial charge in [-0.1, -0.05) is 11.6 Å². The maximum atomic E-state index is 5.67. The molecule has 2 heterocycles. The number of hydrogen-bond acceptors (Lipinski definition) is 5. The van der Waals surface area contributed by atoms with Crippen molar-refractivity contribution in [3.05, 3.63) is 27.1 Å². The van der Waals surface area contributed by atoms with E-state index in [0.29, 0.717) is 5.15 Å². The molecule has 2 aromatic heterocycles. The molecule has 13 heavy (non-hydrogen) atoms. The fraction of sp³-hybridized carbons (Fsp3) is 0.143. The monoisotopic (exact) mass is 231 g/mol. The van der Waals surface area contributed by atoms with E-state index in [0.717, 1.165) is 11.7 Å². The van der Waals surface area contributed by atoms with Gasteiger partial charge in [0.2, 0.25) is 0 Å². The third kappa shape index (κ3) is 2.40. The molecule has 0 amide bonds. The van der Waals surface area contributed by atoms with Gasteiger partial charge < -0.3 is 5.32 Å². The Hall–Kier alpha value is -0.650. The van der Waals surface area contributed by atoms with Gasteiger partial charge in [0.05, 0.1) is 12.1 Å². The molecule has 0 saturated heterocycles. The summed E-state index contributed by atoms with van der Waals surface area (Å²) in [7, 11) is 0. The van der Waals surface area contributed by atoms with Crippen LogP contribution in [0.3, 0.4) is 0 Å². The number of anilines is 1. The van der Waals surface area contributed by atoms with E-state index in [1.807, 2.05) is 11.7 Å². The first-order valence-electron chi connectivity index (χ1n) is 3.57. The van der Waals surface area contributed by atoms with Gasteiger partial charge in [-0.25, -0.2) is 4.98 Å². The van der Waals surface area contributed by atoms with Crippen LogP contribution in [0.2, 0.25) is 5.15 Å². The fourth-order valence-electron chi connectivity index (χ4n) is 0.828. The van der Waals surface area contributed by atoms with Gasteiger partial charge in [0, 0.05) is 16.5 Å². The highest BCUT2D eigenvalue weighted by Gasteiger charge is 1.99. The maximum Gasteiger partial charge on any atom is 0.184 e. The van der Waals surface area contributed by atoms with Crippen LogP contribution >= 0.6 is 34.3 Å². The summed E-state index contributed by atoms with van der Waals surface area (Å²) in [6, 6.07) is 0. The summed E-state index contributed by atoms with van der Waals surface area (Å²) in [6.07, 6.45) is 1.84. The molecule has 0 atom stereocenters. The summed E-state index contributed by atoms with van der Waals surface area (Å²) in [5.41, 5.74) is 1.81. The Morgan fingerprint density at radius 3 is 3.00 bits per heavy atom. The molecule has 0 radical (unpaired) electrons. The predicted molar refractivity (Wildman–Crippen MR) is 56.6 cm³/mol. The van der Waals surface area contributed by atoms with Crippen LogP contribution in [0.4, 0.5) is 5.13 Å². The molecular weight excluding hydrogens is 226 g/mol. The van der Waals surface area contributed by atoms with Crippen molar-refractivity contribution in [2.75, 3.05) is 5.32 Å². The molecule has 0 bridgehead atoms. The second kappa shape index (κ2) is 4.04. The van der Waals surface area contributed by atoms with Crippen molar-refractivity contribution < 1.29 is 0 Å². The third-order valence-corrected chi connectivity index (χ3v) is 3.28. The number of rotatable bonds is 3. The molecule has 2 aromatic rings. The van der Waals surface area contributed by atoms with Crippen molar-refractivity contribution in [1.29, 1.82) is 0 Å². The lowest BCUT2D eigenvalue weighted by molar-refractivity contribution is 1.16. The SMILES string of the molecule is Clc1csc(NCc2cncs2)n1. The molecule has 0 aliphatic carbocycles. The van der Waals surface area contributed by atoms with E-state index in [1.165, 1.54) is 16.2 Å². The molecule has 68 valence electrons. The Labute approximate surface area is 88.4 Å². The standard InChI is InChI=1S/C7H6ClN3S2/c8-6-3-12-7(11-6)10-2-5-1-9-4-13-5/h1,3-4H,2H2,(H,10,11).